The molecule has 0 aliphatic rings. The lowest BCUT2D eigenvalue weighted by atomic mass is 9.89. The molecule has 1 amide bonds. The van der Waals surface area contributed by atoms with Gasteiger partial charge in [-0.05, 0) is 49.9 Å². The Kier molecular flexibility index (Phi) is 6.03. The largest absolute Gasteiger partial charge is 0.347 e. The Morgan fingerprint density at radius 1 is 1.11 bits per heavy atom. The van der Waals surface area contributed by atoms with Gasteiger partial charge in [-0.3, -0.25) is 4.79 Å². The molecule has 19 heavy (non-hydrogen) atoms. The first-order valence-corrected chi connectivity index (χ1v) is 7.22. The molecule has 0 saturated carbocycles. The van der Waals surface area contributed by atoms with Crippen LogP contribution in [0.2, 0.25) is 0 Å². The Morgan fingerprint density at radius 3 is 2.05 bits per heavy atom. The zero-order chi connectivity index (χ0) is 14.3. The zero-order valence-corrected chi connectivity index (χ0v) is 12.3. The van der Waals surface area contributed by atoms with Gasteiger partial charge in [-0.15, -0.1) is 0 Å². The van der Waals surface area contributed by atoms with E-state index in [4.69, 9.17) is 5.73 Å². The molecule has 0 bridgehead atoms. The van der Waals surface area contributed by atoms with Crippen LogP contribution in [0.5, 0.6) is 0 Å². The van der Waals surface area contributed by atoms with Crippen molar-refractivity contribution in [2.45, 2.75) is 52.0 Å². The molecule has 0 radical (unpaired) electrons. The molecule has 106 valence electrons. The number of nitrogens with one attached hydrogen (secondary N) is 1. The normalized spacial score (nSPS) is 11.4. The van der Waals surface area contributed by atoms with E-state index in [0.717, 1.165) is 31.2 Å². The molecule has 1 aromatic rings. The average Bonchev–Trinajstić information content (AvgIpc) is 2.46. The monoisotopic (exact) mass is 262 g/mol. The van der Waals surface area contributed by atoms with Gasteiger partial charge < -0.3 is 11.1 Å². The maximum atomic E-state index is 12.3. The maximum absolute atomic E-state index is 12.3. The Hall–Kier alpha value is -1.35. The van der Waals surface area contributed by atoms with Crippen molar-refractivity contribution in [1.82, 2.24) is 5.32 Å². The molecule has 0 unspecified atom stereocenters. The van der Waals surface area contributed by atoms with E-state index >= 15 is 0 Å². The second-order valence-corrected chi connectivity index (χ2v) is 5.03. The summed E-state index contributed by atoms with van der Waals surface area (Å²) < 4.78 is 0. The molecule has 0 aliphatic carbocycles. The van der Waals surface area contributed by atoms with E-state index in [0.29, 0.717) is 6.54 Å². The minimum atomic E-state index is -0.0764. The van der Waals surface area contributed by atoms with Crippen molar-refractivity contribution in [1.29, 1.82) is 0 Å². The van der Waals surface area contributed by atoms with Gasteiger partial charge in [-0.25, -0.2) is 0 Å². The number of benzene rings is 1. The van der Waals surface area contributed by atoms with Gasteiger partial charge in [0.2, 0.25) is 0 Å². The van der Waals surface area contributed by atoms with Crippen LogP contribution in [0.15, 0.2) is 24.3 Å². The first kappa shape index (κ1) is 15.7. The number of nitrogens with two attached hydrogens (primary N) is 1. The van der Waals surface area contributed by atoms with E-state index in [1.54, 1.807) is 0 Å². The quantitative estimate of drug-likeness (QED) is 0.794. The summed E-state index contributed by atoms with van der Waals surface area (Å²) in [5, 5.41) is 3.18. The molecule has 0 atom stereocenters. The first-order valence-electron chi connectivity index (χ1n) is 7.22. The summed E-state index contributed by atoms with van der Waals surface area (Å²) in [5.74, 6) is 0.0184. The third-order valence-corrected chi connectivity index (χ3v) is 4.06. The fourth-order valence-electron chi connectivity index (χ4n) is 2.32. The van der Waals surface area contributed by atoms with Crippen LogP contribution < -0.4 is 11.1 Å². The molecular weight excluding hydrogens is 236 g/mol. The summed E-state index contributed by atoms with van der Waals surface area (Å²) in [6, 6.07) is 7.72. The van der Waals surface area contributed by atoms with Crippen molar-refractivity contribution in [2.24, 2.45) is 5.73 Å². The smallest absolute Gasteiger partial charge is 0.251 e. The molecule has 3 nitrogen and oxygen atoms in total. The standard InChI is InChI=1S/C16H26N2O/c1-4-16(5-2,6-3)18-15(19)14-9-7-13(8-10-14)11-12-17/h7-10H,4-6,11-12,17H2,1-3H3,(H,18,19). The molecule has 0 spiro atoms. The summed E-state index contributed by atoms with van der Waals surface area (Å²) >= 11 is 0. The predicted octanol–water partition coefficient (Wildman–Crippen LogP) is 2.89. The predicted molar refractivity (Wildman–Crippen MR) is 80.3 cm³/mol. The lowest BCUT2D eigenvalue weighted by Gasteiger charge is -2.31. The number of hydrogen-bond acceptors (Lipinski definition) is 2. The van der Waals surface area contributed by atoms with Gasteiger partial charge in [0.05, 0.1) is 0 Å². The van der Waals surface area contributed by atoms with Gasteiger partial charge in [-0.2, -0.15) is 0 Å². The molecule has 0 heterocycles. The SMILES string of the molecule is CCC(CC)(CC)NC(=O)c1ccc(CCN)cc1. The van der Waals surface area contributed by atoms with Crippen LogP contribution in [0.3, 0.4) is 0 Å². The van der Waals surface area contributed by atoms with Crippen LogP contribution in [0.25, 0.3) is 0 Å². The highest BCUT2D eigenvalue weighted by Crippen LogP contribution is 2.20. The minimum Gasteiger partial charge on any atom is -0.347 e. The fraction of sp³-hybridized carbons (Fsp3) is 0.562. The topological polar surface area (TPSA) is 55.1 Å². The summed E-state index contributed by atoms with van der Waals surface area (Å²) in [7, 11) is 0. The van der Waals surface area contributed by atoms with Crippen molar-refractivity contribution in [3.63, 3.8) is 0 Å². The first-order chi connectivity index (χ1) is 9.10. The molecule has 0 fully saturated rings. The van der Waals surface area contributed by atoms with Crippen molar-refractivity contribution in [3.8, 4) is 0 Å². The third kappa shape index (κ3) is 4.06. The van der Waals surface area contributed by atoms with Gasteiger partial charge in [0, 0.05) is 11.1 Å². The number of carbonyl (C=O) groups excluding carboxylic acids is 1. The molecule has 0 aromatic heterocycles. The Morgan fingerprint density at radius 2 is 1.63 bits per heavy atom. The minimum absolute atomic E-state index is 0.0184. The summed E-state index contributed by atoms with van der Waals surface area (Å²) in [4.78, 5) is 12.3. The summed E-state index contributed by atoms with van der Waals surface area (Å²) in [6.07, 6.45) is 3.72. The van der Waals surface area contributed by atoms with E-state index in [1.807, 2.05) is 24.3 Å². The highest BCUT2D eigenvalue weighted by atomic mass is 16.1. The van der Waals surface area contributed by atoms with Gasteiger partial charge in [0.15, 0.2) is 0 Å². The van der Waals surface area contributed by atoms with Gasteiger partial charge >= 0.3 is 0 Å². The highest BCUT2D eigenvalue weighted by Gasteiger charge is 2.26. The lowest BCUT2D eigenvalue weighted by molar-refractivity contribution is 0.0888. The Labute approximate surface area is 116 Å². The molecule has 0 aliphatic heterocycles. The molecule has 1 rings (SSSR count). The third-order valence-electron chi connectivity index (χ3n) is 4.06. The van der Waals surface area contributed by atoms with Crippen molar-refractivity contribution >= 4 is 5.91 Å². The second kappa shape index (κ2) is 7.29. The van der Waals surface area contributed by atoms with Crippen LogP contribution in [-0.2, 0) is 6.42 Å². The average molecular weight is 262 g/mol. The fourth-order valence-corrected chi connectivity index (χ4v) is 2.32. The van der Waals surface area contributed by atoms with E-state index in [2.05, 4.69) is 26.1 Å². The van der Waals surface area contributed by atoms with Crippen molar-refractivity contribution in [2.75, 3.05) is 6.54 Å². The highest BCUT2D eigenvalue weighted by molar-refractivity contribution is 5.94. The number of rotatable bonds is 7. The second-order valence-electron chi connectivity index (χ2n) is 5.03. The lowest BCUT2D eigenvalue weighted by Crippen LogP contribution is -2.47. The van der Waals surface area contributed by atoms with Crippen molar-refractivity contribution < 1.29 is 4.79 Å². The van der Waals surface area contributed by atoms with Gasteiger partial charge in [0.25, 0.3) is 5.91 Å². The number of carbonyl (C=O) groups is 1. The van der Waals surface area contributed by atoms with Crippen LogP contribution in [0, 0.1) is 0 Å². The molecule has 3 heteroatoms. The zero-order valence-electron chi connectivity index (χ0n) is 12.3. The van der Waals surface area contributed by atoms with E-state index in [-0.39, 0.29) is 11.4 Å². The van der Waals surface area contributed by atoms with Crippen LogP contribution in [-0.4, -0.2) is 18.0 Å². The maximum Gasteiger partial charge on any atom is 0.251 e. The summed E-state index contributed by atoms with van der Waals surface area (Å²) in [5.41, 5.74) is 7.34. The van der Waals surface area contributed by atoms with Crippen molar-refractivity contribution in [3.05, 3.63) is 35.4 Å². The van der Waals surface area contributed by atoms with Gasteiger partial charge in [-0.1, -0.05) is 32.9 Å². The number of amides is 1. The van der Waals surface area contributed by atoms with E-state index in [9.17, 15) is 4.79 Å². The van der Waals surface area contributed by atoms with Crippen LogP contribution >= 0.6 is 0 Å². The van der Waals surface area contributed by atoms with Crippen LogP contribution in [0.1, 0.15) is 56.0 Å². The molecule has 0 saturated heterocycles. The summed E-state index contributed by atoms with van der Waals surface area (Å²) in [6.45, 7) is 7.00. The Bertz CT molecular complexity index is 385. The van der Waals surface area contributed by atoms with Crippen LogP contribution in [0.4, 0.5) is 0 Å². The molecule has 3 N–H and O–H groups in total. The molecule has 1 aromatic carbocycles. The molecular formula is C16H26N2O. The van der Waals surface area contributed by atoms with Gasteiger partial charge in [0.1, 0.15) is 0 Å². The van der Waals surface area contributed by atoms with E-state index in [1.165, 1.54) is 5.56 Å². The number of hydrogen-bond donors (Lipinski definition) is 2. The van der Waals surface area contributed by atoms with E-state index < -0.39 is 0 Å². The Balaban J connectivity index is 2.77.